The fourth-order valence-electron chi connectivity index (χ4n) is 1.76. The molecule has 1 fully saturated rings. The maximum absolute atomic E-state index is 5.91. The molecule has 0 saturated carbocycles. The predicted octanol–water partition coefficient (Wildman–Crippen LogP) is 2.63. The van der Waals surface area contributed by atoms with Crippen LogP contribution in [0.3, 0.4) is 0 Å². The topological polar surface area (TPSA) is 35.2 Å². The maximum atomic E-state index is 5.91. The molecule has 2 N–H and O–H groups in total. The first-order valence-corrected chi connectivity index (χ1v) is 5.67. The summed E-state index contributed by atoms with van der Waals surface area (Å²) in [5, 5.41) is 0. The standard InChI is InChI=1S/C11H14BrNO/c12-9-3-1-2-8(6-9)11-7-10(13)4-5-14-11/h1-3,6,10-11H,4-5,7,13H2. The van der Waals surface area contributed by atoms with Gasteiger partial charge in [-0.2, -0.15) is 0 Å². The van der Waals surface area contributed by atoms with Gasteiger partial charge >= 0.3 is 0 Å². The fourth-order valence-corrected chi connectivity index (χ4v) is 2.18. The van der Waals surface area contributed by atoms with Gasteiger partial charge in [0.1, 0.15) is 0 Å². The van der Waals surface area contributed by atoms with Crippen molar-refractivity contribution in [2.75, 3.05) is 6.61 Å². The highest BCUT2D eigenvalue weighted by atomic mass is 79.9. The highest BCUT2D eigenvalue weighted by Gasteiger charge is 2.21. The van der Waals surface area contributed by atoms with E-state index in [9.17, 15) is 0 Å². The monoisotopic (exact) mass is 255 g/mol. The Morgan fingerprint density at radius 2 is 2.29 bits per heavy atom. The van der Waals surface area contributed by atoms with Gasteiger partial charge in [-0.1, -0.05) is 28.1 Å². The summed E-state index contributed by atoms with van der Waals surface area (Å²) in [5.41, 5.74) is 7.13. The van der Waals surface area contributed by atoms with E-state index in [4.69, 9.17) is 10.5 Å². The third-order valence-electron chi connectivity index (χ3n) is 2.54. The molecule has 0 aromatic heterocycles. The van der Waals surface area contributed by atoms with Gasteiger partial charge in [-0.15, -0.1) is 0 Å². The van der Waals surface area contributed by atoms with E-state index in [2.05, 4.69) is 28.1 Å². The molecular weight excluding hydrogens is 242 g/mol. The van der Waals surface area contributed by atoms with Crippen LogP contribution < -0.4 is 5.73 Å². The predicted molar refractivity (Wildman–Crippen MR) is 60.0 cm³/mol. The molecule has 2 nitrogen and oxygen atoms in total. The molecule has 2 unspecified atom stereocenters. The van der Waals surface area contributed by atoms with Gasteiger partial charge in [-0.05, 0) is 30.5 Å². The van der Waals surface area contributed by atoms with Crippen LogP contribution in [0.15, 0.2) is 28.7 Å². The number of rotatable bonds is 1. The Bertz CT molecular complexity index is 316. The third kappa shape index (κ3) is 2.35. The summed E-state index contributed by atoms with van der Waals surface area (Å²) in [6.45, 7) is 0.776. The van der Waals surface area contributed by atoms with Crippen molar-refractivity contribution in [1.82, 2.24) is 0 Å². The molecule has 1 aromatic rings. The highest BCUT2D eigenvalue weighted by molar-refractivity contribution is 9.10. The fraction of sp³-hybridized carbons (Fsp3) is 0.455. The summed E-state index contributed by atoms with van der Waals surface area (Å²) >= 11 is 3.46. The van der Waals surface area contributed by atoms with Crippen LogP contribution in [0.2, 0.25) is 0 Å². The molecule has 0 aliphatic carbocycles. The largest absolute Gasteiger partial charge is 0.373 e. The van der Waals surface area contributed by atoms with E-state index in [0.717, 1.165) is 23.9 Å². The highest BCUT2D eigenvalue weighted by Crippen LogP contribution is 2.28. The number of benzene rings is 1. The molecule has 1 aromatic carbocycles. The number of hydrogen-bond acceptors (Lipinski definition) is 2. The average molecular weight is 256 g/mol. The maximum Gasteiger partial charge on any atom is 0.0840 e. The molecule has 0 radical (unpaired) electrons. The summed E-state index contributed by atoms with van der Waals surface area (Å²) in [7, 11) is 0. The molecule has 1 aliphatic rings. The minimum atomic E-state index is 0.177. The first kappa shape index (κ1) is 10.1. The molecular formula is C11H14BrNO. The van der Waals surface area contributed by atoms with Crippen LogP contribution in [0.1, 0.15) is 24.5 Å². The van der Waals surface area contributed by atoms with Gasteiger partial charge in [0, 0.05) is 17.1 Å². The summed E-state index contributed by atoms with van der Waals surface area (Å²) in [4.78, 5) is 0. The van der Waals surface area contributed by atoms with Gasteiger partial charge in [0.15, 0.2) is 0 Å². The average Bonchev–Trinajstić information content (AvgIpc) is 2.18. The number of hydrogen-bond donors (Lipinski definition) is 1. The number of nitrogens with two attached hydrogens (primary N) is 1. The van der Waals surface area contributed by atoms with Crippen LogP contribution in [0.4, 0.5) is 0 Å². The lowest BCUT2D eigenvalue weighted by molar-refractivity contribution is 0.00664. The van der Waals surface area contributed by atoms with Gasteiger partial charge in [0.05, 0.1) is 6.10 Å². The molecule has 76 valence electrons. The van der Waals surface area contributed by atoms with Crippen molar-refractivity contribution in [1.29, 1.82) is 0 Å². The molecule has 2 atom stereocenters. The second kappa shape index (κ2) is 4.43. The second-order valence-electron chi connectivity index (χ2n) is 3.70. The SMILES string of the molecule is NC1CCOC(c2cccc(Br)c2)C1. The molecule has 0 amide bonds. The van der Waals surface area contributed by atoms with Gasteiger partial charge in [0.2, 0.25) is 0 Å². The lowest BCUT2D eigenvalue weighted by Crippen LogP contribution is -2.30. The molecule has 1 saturated heterocycles. The lowest BCUT2D eigenvalue weighted by Gasteiger charge is -2.27. The van der Waals surface area contributed by atoms with E-state index in [1.165, 1.54) is 5.56 Å². The Morgan fingerprint density at radius 1 is 1.43 bits per heavy atom. The van der Waals surface area contributed by atoms with E-state index in [0.29, 0.717) is 0 Å². The molecule has 3 heteroatoms. The van der Waals surface area contributed by atoms with E-state index >= 15 is 0 Å². The Hall–Kier alpha value is -0.380. The number of ether oxygens (including phenoxy) is 1. The normalized spacial score (nSPS) is 27.6. The molecule has 0 bridgehead atoms. The first-order valence-electron chi connectivity index (χ1n) is 4.88. The third-order valence-corrected chi connectivity index (χ3v) is 3.04. The Kier molecular flexibility index (Phi) is 3.21. The lowest BCUT2D eigenvalue weighted by atomic mass is 9.98. The van der Waals surface area contributed by atoms with Gasteiger partial charge in [0.25, 0.3) is 0 Å². The smallest absolute Gasteiger partial charge is 0.0840 e. The van der Waals surface area contributed by atoms with Crippen LogP contribution in [0.25, 0.3) is 0 Å². The minimum absolute atomic E-state index is 0.177. The minimum Gasteiger partial charge on any atom is -0.373 e. The Labute approximate surface area is 92.6 Å². The van der Waals surface area contributed by atoms with Crippen LogP contribution in [-0.4, -0.2) is 12.6 Å². The summed E-state index contributed by atoms with van der Waals surface area (Å²) in [6.07, 6.45) is 2.08. The van der Waals surface area contributed by atoms with Crippen molar-refractivity contribution < 1.29 is 4.74 Å². The van der Waals surface area contributed by atoms with Crippen molar-refractivity contribution >= 4 is 15.9 Å². The quantitative estimate of drug-likeness (QED) is 0.838. The van der Waals surface area contributed by atoms with Crippen LogP contribution in [0.5, 0.6) is 0 Å². The Morgan fingerprint density at radius 3 is 3.00 bits per heavy atom. The molecule has 14 heavy (non-hydrogen) atoms. The summed E-state index contributed by atoms with van der Waals surface area (Å²) in [5.74, 6) is 0. The van der Waals surface area contributed by atoms with Crippen molar-refractivity contribution in [2.24, 2.45) is 5.73 Å². The zero-order valence-electron chi connectivity index (χ0n) is 7.95. The van der Waals surface area contributed by atoms with Crippen molar-refractivity contribution in [2.45, 2.75) is 25.0 Å². The zero-order valence-corrected chi connectivity index (χ0v) is 9.53. The van der Waals surface area contributed by atoms with Gasteiger partial charge < -0.3 is 10.5 Å². The van der Waals surface area contributed by atoms with E-state index in [1.54, 1.807) is 0 Å². The molecule has 0 spiro atoms. The second-order valence-corrected chi connectivity index (χ2v) is 4.61. The van der Waals surface area contributed by atoms with Crippen molar-refractivity contribution in [3.05, 3.63) is 34.3 Å². The van der Waals surface area contributed by atoms with Crippen molar-refractivity contribution in [3.8, 4) is 0 Å². The number of halogens is 1. The van der Waals surface area contributed by atoms with Gasteiger partial charge in [-0.3, -0.25) is 0 Å². The Balaban J connectivity index is 2.14. The summed E-state index contributed by atoms with van der Waals surface area (Å²) < 4.78 is 6.78. The van der Waals surface area contributed by atoms with Crippen LogP contribution in [-0.2, 0) is 4.74 Å². The van der Waals surface area contributed by atoms with E-state index in [-0.39, 0.29) is 12.1 Å². The summed E-state index contributed by atoms with van der Waals surface area (Å²) in [6, 6.07) is 8.53. The zero-order chi connectivity index (χ0) is 9.97. The van der Waals surface area contributed by atoms with E-state index in [1.807, 2.05) is 12.1 Å². The van der Waals surface area contributed by atoms with Gasteiger partial charge in [-0.25, -0.2) is 0 Å². The van der Waals surface area contributed by atoms with Crippen LogP contribution in [0, 0.1) is 0 Å². The molecule has 1 heterocycles. The van der Waals surface area contributed by atoms with Crippen LogP contribution >= 0.6 is 15.9 Å². The molecule has 2 rings (SSSR count). The molecule has 1 aliphatic heterocycles. The first-order chi connectivity index (χ1) is 6.75. The van der Waals surface area contributed by atoms with Crippen molar-refractivity contribution in [3.63, 3.8) is 0 Å². The van der Waals surface area contributed by atoms with E-state index < -0.39 is 0 Å².